The molecule has 2 heterocycles. The first-order valence-corrected chi connectivity index (χ1v) is 5.81. The van der Waals surface area contributed by atoms with Crippen LogP contribution in [0.1, 0.15) is 12.1 Å². The van der Waals surface area contributed by atoms with Crippen molar-refractivity contribution in [1.82, 2.24) is 9.97 Å². The second-order valence-electron chi connectivity index (χ2n) is 4.59. The van der Waals surface area contributed by atoms with Crippen LogP contribution in [0.5, 0.6) is 0 Å². The van der Waals surface area contributed by atoms with Crippen molar-refractivity contribution in [3.63, 3.8) is 0 Å². The number of β-amino-alcohol motifs (C(OH)–C–C–N with tert-alkyl or cyclic N) is 1. The first kappa shape index (κ1) is 14.5. The molecule has 1 aliphatic heterocycles. The van der Waals surface area contributed by atoms with Crippen molar-refractivity contribution in [2.24, 2.45) is 5.92 Å². The summed E-state index contributed by atoms with van der Waals surface area (Å²) in [4.78, 5) is 18.9. The number of aliphatic hydroxyl groups is 1. The second-order valence-corrected chi connectivity index (χ2v) is 4.59. The molecular weight excluding hydrogens is 279 g/mol. The fourth-order valence-corrected chi connectivity index (χ4v) is 2.14. The van der Waals surface area contributed by atoms with Gasteiger partial charge in [0.1, 0.15) is 17.8 Å². The van der Waals surface area contributed by atoms with E-state index in [0.29, 0.717) is 0 Å². The molecule has 1 fully saturated rings. The number of hydrogen-bond acceptors (Lipinski definition) is 5. The summed E-state index contributed by atoms with van der Waals surface area (Å²) in [5.74, 6) is -1.56. The number of carbonyl (C=O) groups is 1. The molecule has 0 spiro atoms. The third kappa shape index (κ3) is 3.16. The molecule has 2 atom stereocenters. The Balaban J connectivity index is 2.15. The monoisotopic (exact) mass is 291 g/mol. The third-order valence-electron chi connectivity index (χ3n) is 3.11. The number of nitrogens with zero attached hydrogens (tertiary/aromatic N) is 3. The quantitative estimate of drug-likeness (QED) is 0.855. The number of carboxylic acids is 1. The number of aromatic nitrogens is 2. The summed E-state index contributed by atoms with van der Waals surface area (Å²) in [6.07, 6.45) is -4.92. The van der Waals surface area contributed by atoms with Crippen molar-refractivity contribution in [2.75, 3.05) is 18.0 Å². The molecule has 1 aromatic heterocycles. The predicted molar refractivity (Wildman–Crippen MR) is 61.0 cm³/mol. The van der Waals surface area contributed by atoms with Gasteiger partial charge in [0.25, 0.3) is 0 Å². The normalized spacial score (nSPS) is 23.1. The van der Waals surface area contributed by atoms with E-state index in [1.807, 2.05) is 0 Å². The Hall–Kier alpha value is -1.90. The topological polar surface area (TPSA) is 86.5 Å². The Morgan fingerprint density at radius 3 is 2.70 bits per heavy atom. The molecule has 0 saturated carbocycles. The average Bonchev–Trinajstić information content (AvgIpc) is 2.69. The Bertz CT molecular complexity index is 509. The van der Waals surface area contributed by atoms with Crippen LogP contribution in [0.2, 0.25) is 0 Å². The van der Waals surface area contributed by atoms with Gasteiger partial charge >= 0.3 is 12.1 Å². The van der Waals surface area contributed by atoms with Gasteiger partial charge in [-0.1, -0.05) is 0 Å². The zero-order valence-corrected chi connectivity index (χ0v) is 10.2. The molecule has 0 unspecified atom stereocenters. The average molecular weight is 291 g/mol. The molecule has 1 aromatic rings. The van der Waals surface area contributed by atoms with Crippen LogP contribution in [0.4, 0.5) is 19.0 Å². The molecule has 20 heavy (non-hydrogen) atoms. The molecule has 0 radical (unpaired) electrons. The Morgan fingerprint density at radius 2 is 2.10 bits per heavy atom. The maximum atomic E-state index is 12.5. The van der Waals surface area contributed by atoms with E-state index in [1.165, 1.54) is 4.90 Å². The van der Waals surface area contributed by atoms with Crippen LogP contribution in [0.25, 0.3) is 0 Å². The molecule has 0 amide bonds. The fourth-order valence-electron chi connectivity index (χ4n) is 2.14. The Morgan fingerprint density at radius 1 is 1.40 bits per heavy atom. The molecule has 2 rings (SSSR count). The number of carboxylic acid groups (broad SMARTS) is 1. The smallest absolute Gasteiger partial charge is 0.433 e. The molecule has 9 heteroatoms. The van der Waals surface area contributed by atoms with Gasteiger partial charge in [-0.3, -0.25) is 4.79 Å². The maximum Gasteiger partial charge on any atom is 0.433 e. The summed E-state index contributed by atoms with van der Waals surface area (Å²) in [5, 5.41) is 18.4. The van der Waals surface area contributed by atoms with Crippen molar-refractivity contribution in [3.05, 3.63) is 18.1 Å². The zero-order valence-electron chi connectivity index (χ0n) is 10.2. The van der Waals surface area contributed by atoms with Crippen LogP contribution >= 0.6 is 0 Å². The SMILES string of the molecule is O=C(O)C[C@@H]1CN(c2cc(C(F)(F)F)ncn2)C[C@H]1O. The van der Waals surface area contributed by atoms with Gasteiger partial charge in [-0.15, -0.1) is 0 Å². The van der Waals surface area contributed by atoms with E-state index in [1.54, 1.807) is 0 Å². The van der Waals surface area contributed by atoms with E-state index >= 15 is 0 Å². The van der Waals surface area contributed by atoms with Gasteiger partial charge in [-0.25, -0.2) is 9.97 Å². The zero-order chi connectivity index (χ0) is 14.9. The predicted octanol–water partition coefficient (Wildman–Crippen LogP) is 0.767. The number of anilines is 1. The van der Waals surface area contributed by atoms with E-state index in [-0.39, 0.29) is 25.3 Å². The molecule has 1 aliphatic rings. The highest BCUT2D eigenvalue weighted by molar-refractivity contribution is 5.67. The van der Waals surface area contributed by atoms with Crippen molar-refractivity contribution in [2.45, 2.75) is 18.7 Å². The van der Waals surface area contributed by atoms with Crippen LogP contribution < -0.4 is 4.90 Å². The summed E-state index contributed by atoms with van der Waals surface area (Å²) in [6, 6.07) is 0.788. The van der Waals surface area contributed by atoms with Gasteiger partial charge in [0, 0.05) is 25.1 Å². The summed E-state index contributed by atoms with van der Waals surface area (Å²) in [5.41, 5.74) is -1.07. The minimum atomic E-state index is -4.57. The lowest BCUT2D eigenvalue weighted by Gasteiger charge is -2.17. The van der Waals surface area contributed by atoms with Gasteiger partial charge in [0.15, 0.2) is 0 Å². The Labute approximate surface area is 111 Å². The van der Waals surface area contributed by atoms with E-state index < -0.39 is 29.9 Å². The van der Waals surface area contributed by atoms with E-state index in [4.69, 9.17) is 5.11 Å². The second kappa shape index (κ2) is 5.23. The molecule has 2 N–H and O–H groups in total. The first-order valence-electron chi connectivity index (χ1n) is 5.81. The lowest BCUT2D eigenvalue weighted by atomic mass is 10.0. The highest BCUT2D eigenvalue weighted by atomic mass is 19.4. The van der Waals surface area contributed by atoms with Crippen LogP contribution in [-0.2, 0) is 11.0 Å². The van der Waals surface area contributed by atoms with Gasteiger partial charge in [0.2, 0.25) is 0 Å². The molecule has 0 aromatic carbocycles. The maximum absolute atomic E-state index is 12.5. The van der Waals surface area contributed by atoms with Crippen LogP contribution in [0.15, 0.2) is 12.4 Å². The van der Waals surface area contributed by atoms with Crippen molar-refractivity contribution in [3.8, 4) is 0 Å². The fraction of sp³-hybridized carbons (Fsp3) is 0.545. The van der Waals surface area contributed by atoms with Crippen LogP contribution in [0.3, 0.4) is 0 Å². The van der Waals surface area contributed by atoms with Gasteiger partial charge in [-0.2, -0.15) is 13.2 Å². The van der Waals surface area contributed by atoms with Gasteiger partial charge in [-0.05, 0) is 0 Å². The molecular formula is C11H12F3N3O3. The summed E-state index contributed by atoms with van der Waals surface area (Å²) < 4.78 is 37.6. The number of alkyl halides is 3. The Kier molecular flexibility index (Phi) is 3.80. The van der Waals surface area contributed by atoms with Crippen molar-refractivity contribution < 1.29 is 28.2 Å². The first-order chi connectivity index (χ1) is 9.27. The van der Waals surface area contributed by atoms with Crippen LogP contribution in [0, 0.1) is 5.92 Å². The summed E-state index contributed by atoms with van der Waals surface area (Å²) in [6.45, 7) is 0.189. The number of aliphatic carboxylic acids is 1. The highest BCUT2D eigenvalue weighted by Gasteiger charge is 2.36. The number of rotatable bonds is 3. The highest BCUT2D eigenvalue weighted by Crippen LogP contribution is 2.31. The van der Waals surface area contributed by atoms with E-state index in [0.717, 1.165) is 12.4 Å². The summed E-state index contributed by atoms with van der Waals surface area (Å²) >= 11 is 0. The van der Waals surface area contributed by atoms with E-state index in [2.05, 4.69) is 9.97 Å². The van der Waals surface area contributed by atoms with Gasteiger partial charge < -0.3 is 15.1 Å². The lowest BCUT2D eigenvalue weighted by Crippen LogP contribution is -2.23. The molecule has 110 valence electrons. The van der Waals surface area contributed by atoms with E-state index in [9.17, 15) is 23.1 Å². The van der Waals surface area contributed by atoms with Crippen molar-refractivity contribution >= 4 is 11.8 Å². The lowest BCUT2D eigenvalue weighted by molar-refractivity contribution is -0.141. The molecule has 0 bridgehead atoms. The largest absolute Gasteiger partial charge is 0.481 e. The summed E-state index contributed by atoms with van der Waals surface area (Å²) in [7, 11) is 0. The standard InChI is InChI=1S/C11H12F3N3O3/c12-11(13,14)8-2-9(16-5-15-8)17-3-6(1-10(19)20)7(18)4-17/h2,5-7,18H,1,3-4H2,(H,19,20)/t6-,7-/m1/s1. The molecule has 0 aliphatic carbocycles. The minimum Gasteiger partial charge on any atom is -0.481 e. The van der Waals surface area contributed by atoms with Gasteiger partial charge in [0.05, 0.1) is 12.5 Å². The van der Waals surface area contributed by atoms with Crippen molar-refractivity contribution in [1.29, 1.82) is 0 Å². The molecule has 1 saturated heterocycles. The third-order valence-corrected chi connectivity index (χ3v) is 3.11. The van der Waals surface area contributed by atoms with Crippen LogP contribution in [-0.4, -0.2) is 45.3 Å². The molecule has 6 nitrogen and oxygen atoms in total. The number of hydrogen-bond donors (Lipinski definition) is 2. The number of halogens is 3. The number of aliphatic hydroxyl groups excluding tert-OH is 1. The minimum absolute atomic E-state index is 0.0271.